The average molecular weight is 297 g/mol. The second-order valence-electron chi connectivity index (χ2n) is 4.00. The van der Waals surface area contributed by atoms with E-state index in [2.05, 4.69) is 5.32 Å². The third kappa shape index (κ3) is 4.82. The molecule has 0 saturated carbocycles. The zero-order valence-corrected chi connectivity index (χ0v) is 11.1. The van der Waals surface area contributed by atoms with Gasteiger partial charge in [0.15, 0.2) is 0 Å². The molecule has 3 N–H and O–H groups in total. The molecule has 114 valence electrons. The Kier molecular flexibility index (Phi) is 6.24. The molecule has 0 aliphatic carbocycles. The van der Waals surface area contributed by atoms with Crippen LogP contribution < -0.4 is 5.32 Å². The molecule has 2 amide bonds. The molecule has 0 aliphatic rings. The summed E-state index contributed by atoms with van der Waals surface area (Å²) in [5.74, 6) is -1.86. The second-order valence-corrected chi connectivity index (χ2v) is 4.00. The number of rotatable bonds is 6. The Balaban J connectivity index is 2.70. The van der Waals surface area contributed by atoms with Crippen molar-refractivity contribution in [3.63, 3.8) is 0 Å². The van der Waals surface area contributed by atoms with Crippen molar-refractivity contribution in [2.75, 3.05) is 31.6 Å². The van der Waals surface area contributed by atoms with Crippen LogP contribution in [0, 0.1) is 10.1 Å². The summed E-state index contributed by atoms with van der Waals surface area (Å²) in [6.07, 6.45) is 0. The molecule has 1 aromatic rings. The van der Waals surface area contributed by atoms with E-state index >= 15 is 0 Å². The monoisotopic (exact) mass is 297 g/mol. The molecule has 0 spiro atoms. The minimum Gasteiger partial charge on any atom is -0.395 e. The van der Waals surface area contributed by atoms with Crippen molar-refractivity contribution in [2.24, 2.45) is 0 Å². The molecule has 0 heterocycles. The molecule has 0 aromatic heterocycles. The molecule has 21 heavy (non-hydrogen) atoms. The maximum atomic E-state index is 11.8. The SMILES string of the molecule is O=C(Nc1ccc([N+](=O)[O-])cc1)C(=O)N(CCO)CCO. The Bertz CT molecular complexity index is 510. The first-order valence-electron chi connectivity index (χ1n) is 6.06. The summed E-state index contributed by atoms with van der Waals surface area (Å²) in [5.41, 5.74) is 0.0911. The summed E-state index contributed by atoms with van der Waals surface area (Å²) in [6, 6.07) is 4.98. The lowest BCUT2D eigenvalue weighted by Crippen LogP contribution is -2.42. The van der Waals surface area contributed by atoms with Crippen molar-refractivity contribution >= 4 is 23.2 Å². The number of anilines is 1. The highest BCUT2D eigenvalue weighted by molar-refractivity contribution is 6.39. The molecule has 0 unspecified atom stereocenters. The van der Waals surface area contributed by atoms with E-state index in [9.17, 15) is 19.7 Å². The number of nitrogens with zero attached hydrogens (tertiary/aromatic N) is 2. The van der Waals surface area contributed by atoms with Crippen molar-refractivity contribution in [1.82, 2.24) is 4.90 Å². The maximum Gasteiger partial charge on any atom is 0.313 e. The number of hydrogen-bond acceptors (Lipinski definition) is 6. The number of hydrogen-bond donors (Lipinski definition) is 3. The van der Waals surface area contributed by atoms with Gasteiger partial charge < -0.3 is 20.4 Å². The number of carbonyl (C=O) groups is 2. The largest absolute Gasteiger partial charge is 0.395 e. The summed E-state index contributed by atoms with van der Waals surface area (Å²) in [5, 5.41) is 30.4. The van der Waals surface area contributed by atoms with E-state index < -0.39 is 16.7 Å². The number of aliphatic hydroxyl groups excluding tert-OH is 2. The fraction of sp³-hybridized carbons (Fsp3) is 0.333. The summed E-state index contributed by atoms with van der Waals surface area (Å²) in [4.78, 5) is 34.4. The number of nitro benzene ring substituents is 1. The summed E-state index contributed by atoms with van der Waals surface area (Å²) in [6.45, 7) is -0.826. The Labute approximate surface area is 119 Å². The van der Waals surface area contributed by atoms with Crippen LogP contribution in [0.5, 0.6) is 0 Å². The topological polar surface area (TPSA) is 133 Å². The number of amides is 2. The Morgan fingerprint density at radius 3 is 2.10 bits per heavy atom. The zero-order valence-electron chi connectivity index (χ0n) is 11.1. The molecule has 0 bridgehead atoms. The Hall–Kier alpha value is -2.52. The Morgan fingerprint density at radius 1 is 1.14 bits per heavy atom. The van der Waals surface area contributed by atoms with Crippen LogP contribution in [0.1, 0.15) is 0 Å². The van der Waals surface area contributed by atoms with E-state index in [1.165, 1.54) is 24.3 Å². The lowest BCUT2D eigenvalue weighted by Gasteiger charge is -2.19. The Morgan fingerprint density at radius 2 is 1.67 bits per heavy atom. The van der Waals surface area contributed by atoms with Gasteiger partial charge in [0, 0.05) is 30.9 Å². The molecule has 0 saturated heterocycles. The highest BCUT2D eigenvalue weighted by Gasteiger charge is 2.21. The van der Waals surface area contributed by atoms with Crippen LogP contribution >= 0.6 is 0 Å². The summed E-state index contributed by atoms with van der Waals surface area (Å²) < 4.78 is 0. The molecule has 1 aromatic carbocycles. The smallest absolute Gasteiger partial charge is 0.313 e. The highest BCUT2D eigenvalue weighted by Crippen LogP contribution is 2.15. The van der Waals surface area contributed by atoms with Crippen molar-refractivity contribution in [3.05, 3.63) is 34.4 Å². The van der Waals surface area contributed by atoms with E-state index in [-0.39, 0.29) is 37.7 Å². The van der Waals surface area contributed by atoms with Crippen LogP contribution in [0.3, 0.4) is 0 Å². The third-order valence-electron chi connectivity index (χ3n) is 2.56. The average Bonchev–Trinajstić information content (AvgIpc) is 2.46. The van der Waals surface area contributed by atoms with Gasteiger partial charge in [0.05, 0.1) is 18.1 Å². The van der Waals surface area contributed by atoms with Crippen molar-refractivity contribution in [1.29, 1.82) is 0 Å². The van der Waals surface area contributed by atoms with E-state index in [0.29, 0.717) is 0 Å². The number of nitrogens with one attached hydrogen (secondary N) is 1. The predicted octanol–water partition coefficient (Wildman–Crippen LogP) is -0.654. The second kappa shape index (κ2) is 7.92. The number of non-ortho nitro benzene ring substituents is 1. The van der Waals surface area contributed by atoms with Gasteiger partial charge in [-0.3, -0.25) is 19.7 Å². The fourth-order valence-electron chi connectivity index (χ4n) is 1.55. The molecule has 9 heteroatoms. The number of carbonyl (C=O) groups excluding carboxylic acids is 2. The van der Waals surface area contributed by atoms with Crippen molar-refractivity contribution < 1.29 is 24.7 Å². The molecule has 0 atom stereocenters. The first-order valence-corrected chi connectivity index (χ1v) is 6.06. The standard InChI is InChI=1S/C12H15N3O6/c16-7-5-14(6-8-17)12(19)11(18)13-9-1-3-10(4-2-9)15(20)21/h1-4,16-17H,5-8H2,(H,13,18). The van der Waals surface area contributed by atoms with Crippen LogP contribution in [-0.2, 0) is 9.59 Å². The number of aliphatic hydroxyl groups is 2. The van der Waals surface area contributed by atoms with Crippen LogP contribution in [-0.4, -0.2) is 58.2 Å². The lowest BCUT2D eigenvalue weighted by molar-refractivity contribution is -0.384. The number of benzene rings is 1. The maximum absolute atomic E-state index is 11.8. The van der Waals surface area contributed by atoms with Crippen LogP contribution in [0.2, 0.25) is 0 Å². The lowest BCUT2D eigenvalue weighted by atomic mass is 10.3. The molecule has 0 fully saturated rings. The summed E-state index contributed by atoms with van der Waals surface area (Å²) >= 11 is 0. The van der Waals surface area contributed by atoms with Crippen molar-refractivity contribution in [2.45, 2.75) is 0 Å². The quantitative estimate of drug-likeness (QED) is 0.363. The summed E-state index contributed by atoms with van der Waals surface area (Å²) in [7, 11) is 0. The molecular formula is C12H15N3O6. The van der Waals surface area contributed by atoms with Gasteiger partial charge in [0.2, 0.25) is 0 Å². The van der Waals surface area contributed by atoms with E-state index in [0.717, 1.165) is 4.90 Å². The third-order valence-corrected chi connectivity index (χ3v) is 2.56. The van der Waals surface area contributed by atoms with Gasteiger partial charge in [-0.25, -0.2) is 0 Å². The first kappa shape index (κ1) is 16.5. The van der Waals surface area contributed by atoms with Gasteiger partial charge in [-0.15, -0.1) is 0 Å². The van der Waals surface area contributed by atoms with Gasteiger partial charge in [0.25, 0.3) is 5.69 Å². The zero-order chi connectivity index (χ0) is 15.8. The van der Waals surface area contributed by atoms with Crippen LogP contribution in [0.4, 0.5) is 11.4 Å². The molecule has 0 radical (unpaired) electrons. The van der Waals surface area contributed by atoms with E-state index in [1.807, 2.05) is 0 Å². The van der Waals surface area contributed by atoms with Gasteiger partial charge in [-0.05, 0) is 12.1 Å². The molecule has 1 rings (SSSR count). The van der Waals surface area contributed by atoms with Gasteiger partial charge >= 0.3 is 11.8 Å². The van der Waals surface area contributed by atoms with Crippen molar-refractivity contribution in [3.8, 4) is 0 Å². The van der Waals surface area contributed by atoms with E-state index in [4.69, 9.17) is 10.2 Å². The minimum absolute atomic E-state index is 0.0763. The van der Waals surface area contributed by atoms with Crippen LogP contribution in [0.25, 0.3) is 0 Å². The normalized spacial score (nSPS) is 10.0. The molecule has 0 aliphatic heterocycles. The van der Waals surface area contributed by atoms with Crippen LogP contribution in [0.15, 0.2) is 24.3 Å². The van der Waals surface area contributed by atoms with Gasteiger partial charge in [-0.2, -0.15) is 0 Å². The molecule has 9 nitrogen and oxygen atoms in total. The fourth-order valence-corrected chi connectivity index (χ4v) is 1.55. The first-order chi connectivity index (χ1) is 9.99. The van der Waals surface area contributed by atoms with Gasteiger partial charge in [0.1, 0.15) is 0 Å². The van der Waals surface area contributed by atoms with E-state index in [1.54, 1.807) is 0 Å². The predicted molar refractivity (Wildman–Crippen MR) is 72.5 cm³/mol. The minimum atomic E-state index is -0.953. The highest BCUT2D eigenvalue weighted by atomic mass is 16.6. The number of nitro groups is 1. The van der Waals surface area contributed by atoms with Gasteiger partial charge in [-0.1, -0.05) is 0 Å². The molecular weight excluding hydrogens is 282 g/mol.